The molecule has 0 radical (unpaired) electrons. The van der Waals surface area contributed by atoms with Crippen molar-refractivity contribution in [2.75, 3.05) is 25.1 Å². The Morgan fingerprint density at radius 1 is 1.61 bits per heavy atom. The van der Waals surface area contributed by atoms with Gasteiger partial charge in [-0.3, -0.25) is 10.1 Å². The first-order chi connectivity index (χ1) is 8.63. The molecule has 1 unspecified atom stereocenters. The van der Waals surface area contributed by atoms with Crippen LogP contribution in [0.15, 0.2) is 6.33 Å². The molecule has 0 aromatic carbocycles. The van der Waals surface area contributed by atoms with Crippen LogP contribution in [0, 0.1) is 10.1 Å². The number of nitro groups is 1. The van der Waals surface area contributed by atoms with E-state index in [1.54, 1.807) is 0 Å². The maximum atomic E-state index is 11.1. The van der Waals surface area contributed by atoms with Crippen molar-refractivity contribution in [3.05, 3.63) is 16.4 Å². The van der Waals surface area contributed by atoms with Crippen LogP contribution in [0.1, 0.15) is 12.8 Å². The van der Waals surface area contributed by atoms with E-state index in [0.717, 1.165) is 12.8 Å². The average molecular weight is 253 g/mol. The highest BCUT2D eigenvalue weighted by molar-refractivity contribution is 5.62. The number of nitrogens with two attached hydrogens (primary N) is 1. The van der Waals surface area contributed by atoms with Gasteiger partial charge < -0.3 is 15.4 Å². The summed E-state index contributed by atoms with van der Waals surface area (Å²) >= 11 is 0. The third kappa shape index (κ3) is 2.33. The van der Waals surface area contributed by atoms with Crippen molar-refractivity contribution in [3.8, 4) is 5.88 Å². The lowest BCUT2D eigenvalue weighted by atomic mass is 10.1. The molecule has 2 heterocycles. The molecule has 0 aliphatic carbocycles. The first-order valence-electron chi connectivity index (χ1n) is 5.67. The molecule has 1 fully saturated rings. The van der Waals surface area contributed by atoms with Gasteiger partial charge in [-0.25, -0.2) is 4.98 Å². The predicted octanol–water partition coefficient (Wildman–Crippen LogP) is 0.321. The summed E-state index contributed by atoms with van der Waals surface area (Å²) in [6.45, 7) is 1.26. The monoisotopic (exact) mass is 253 g/mol. The fourth-order valence-electron chi connectivity index (χ4n) is 2.10. The number of hydrogen-bond acceptors (Lipinski definition) is 7. The van der Waals surface area contributed by atoms with Crippen LogP contribution >= 0.6 is 0 Å². The predicted molar refractivity (Wildman–Crippen MR) is 64.7 cm³/mol. The summed E-state index contributed by atoms with van der Waals surface area (Å²) in [5, 5.41) is 11.1. The van der Waals surface area contributed by atoms with Gasteiger partial charge in [0.25, 0.3) is 5.88 Å². The Balaban J connectivity index is 2.40. The lowest BCUT2D eigenvalue weighted by Gasteiger charge is -2.31. The van der Waals surface area contributed by atoms with E-state index in [1.165, 1.54) is 13.4 Å². The standard InChI is InChI=1S/C10H15N5O3/c1-18-10-8(15(16)17)9(12-6-13-10)14-4-2-3-7(11)5-14/h6-7H,2-5,11H2,1H3. The maximum absolute atomic E-state index is 11.1. The van der Waals surface area contributed by atoms with E-state index >= 15 is 0 Å². The van der Waals surface area contributed by atoms with Crippen molar-refractivity contribution in [2.24, 2.45) is 5.73 Å². The van der Waals surface area contributed by atoms with E-state index in [1.807, 2.05) is 4.90 Å². The highest BCUT2D eigenvalue weighted by atomic mass is 16.6. The lowest BCUT2D eigenvalue weighted by molar-refractivity contribution is -0.385. The number of rotatable bonds is 3. The summed E-state index contributed by atoms with van der Waals surface area (Å²) < 4.78 is 4.91. The molecule has 18 heavy (non-hydrogen) atoms. The molecule has 8 heteroatoms. The molecule has 98 valence electrons. The zero-order valence-electron chi connectivity index (χ0n) is 10.1. The van der Waals surface area contributed by atoms with Crippen molar-refractivity contribution in [1.82, 2.24) is 9.97 Å². The molecule has 1 aromatic heterocycles. The zero-order valence-corrected chi connectivity index (χ0v) is 10.1. The number of piperidine rings is 1. The van der Waals surface area contributed by atoms with Gasteiger partial charge in [-0.05, 0) is 12.8 Å². The van der Waals surface area contributed by atoms with E-state index in [4.69, 9.17) is 10.5 Å². The summed E-state index contributed by atoms with van der Waals surface area (Å²) in [6, 6.07) is 0.0133. The van der Waals surface area contributed by atoms with Crippen molar-refractivity contribution in [3.63, 3.8) is 0 Å². The zero-order chi connectivity index (χ0) is 13.1. The average Bonchev–Trinajstić information content (AvgIpc) is 2.37. The second kappa shape index (κ2) is 5.13. The Morgan fingerprint density at radius 3 is 3.00 bits per heavy atom. The summed E-state index contributed by atoms with van der Waals surface area (Å²) in [6.07, 6.45) is 3.08. The van der Waals surface area contributed by atoms with Crippen molar-refractivity contribution >= 4 is 11.5 Å². The largest absolute Gasteiger partial charge is 0.476 e. The fourth-order valence-corrected chi connectivity index (χ4v) is 2.10. The number of anilines is 1. The van der Waals surface area contributed by atoms with Gasteiger partial charge in [0.2, 0.25) is 5.82 Å². The van der Waals surface area contributed by atoms with Crippen LogP contribution in [0.3, 0.4) is 0 Å². The summed E-state index contributed by atoms with van der Waals surface area (Å²) in [5.41, 5.74) is 5.67. The topological polar surface area (TPSA) is 107 Å². The quantitative estimate of drug-likeness (QED) is 0.610. The summed E-state index contributed by atoms with van der Waals surface area (Å²) in [7, 11) is 1.35. The molecule has 1 atom stereocenters. The summed E-state index contributed by atoms with van der Waals surface area (Å²) in [5.74, 6) is 0.256. The molecule has 2 rings (SSSR count). The smallest absolute Gasteiger partial charge is 0.372 e. The van der Waals surface area contributed by atoms with Crippen molar-refractivity contribution in [1.29, 1.82) is 0 Å². The van der Waals surface area contributed by atoms with E-state index < -0.39 is 4.92 Å². The number of ether oxygens (including phenoxy) is 1. The van der Waals surface area contributed by atoms with E-state index in [2.05, 4.69) is 9.97 Å². The SMILES string of the molecule is COc1ncnc(N2CCCC(N)C2)c1[N+](=O)[O-]. The van der Waals surface area contributed by atoms with Gasteiger partial charge in [-0.15, -0.1) is 0 Å². The number of nitrogens with zero attached hydrogens (tertiary/aromatic N) is 4. The van der Waals surface area contributed by atoms with Crippen LogP contribution in [0.4, 0.5) is 11.5 Å². The Labute approximate surface area is 104 Å². The van der Waals surface area contributed by atoms with Crippen LogP contribution < -0.4 is 15.4 Å². The van der Waals surface area contributed by atoms with E-state index in [9.17, 15) is 10.1 Å². The Bertz CT molecular complexity index is 453. The van der Waals surface area contributed by atoms with Gasteiger partial charge in [0, 0.05) is 19.1 Å². The Morgan fingerprint density at radius 2 is 2.39 bits per heavy atom. The number of hydrogen-bond donors (Lipinski definition) is 1. The minimum absolute atomic E-state index is 0.0133. The summed E-state index contributed by atoms with van der Waals surface area (Å²) in [4.78, 5) is 20.2. The molecule has 1 aliphatic rings. The normalized spacial score (nSPS) is 19.7. The van der Waals surface area contributed by atoms with Crippen molar-refractivity contribution < 1.29 is 9.66 Å². The second-order valence-electron chi connectivity index (χ2n) is 4.16. The lowest BCUT2D eigenvalue weighted by Crippen LogP contribution is -2.43. The van der Waals surface area contributed by atoms with Crippen LogP contribution in [0.25, 0.3) is 0 Å². The van der Waals surface area contributed by atoms with Gasteiger partial charge in [0.15, 0.2) is 0 Å². The van der Waals surface area contributed by atoms with Crippen LogP contribution in [-0.2, 0) is 0 Å². The number of methoxy groups -OCH3 is 1. The molecular formula is C10H15N5O3. The molecule has 2 N–H and O–H groups in total. The molecule has 0 spiro atoms. The third-order valence-corrected chi connectivity index (χ3v) is 2.90. The second-order valence-corrected chi connectivity index (χ2v) is 4.16. The van der Waals surface area contributed by atoms with Gasteiger partial charge in [-0.1, -0.05) is 0 Å². The first-order valence-corrected chi connectivity index (χ1v) is 5.67. The van der Waals surface area contributed by atoms with Crippen LogP contribution in [-0.4, -0.2) is 41.1 Å². The molecule has 1 aliphatic heterocycles. The van der Waals surface area contributed by atoms with Gasteiger partial charge >= 0.3 is 5.69 Å². The Hall–Kier alpha value is -1.96. The molecule has 1 saturated heterocycles. The van der Waals surface area contributed by atoms with Crippen LogP contribution in [0.2, 0.25) is 0 Å². The molecule has 1 aromatic rings. The van der Waals surface area contributed by atoms with E-state index in [0.29, 0.717) is 13.1 Å². The van der Waals surface area contributed by atoms with Crippen molar-refractivity contribution in [2.45, 2.75) is 18.9 Å². The highest BCUT2D eigenvalue weighted by Crippen LogP contribution is 2.34. The minimum Gasteiger partial charge on any atom is -0.476 e. The van der Waals surface area contributed by atoms with Gasteiger partial charge in [0.1, 0.15) is 6.33 Å². The van der Waals surface area contributed by atoms with E-state index in [-0.39, 0.29) is 23.4 Å². The molecular weight excluding hydrogens is 238 g/mol. The van der Waals surface area contributed by atoms with Crippen LogP contribution in [0.5, 0.6) is 5.88 Å². The first kappa shape index (κ1) is 12.5. The molecule has 0 saturated carbocycles. The molecule has 0 bridgehead atoms. The fraction of sp³-hybridized carbons (Fsp3) is 0.600. The number of aromatic nitrogens is 2. The molecule has 8 nitrogen and oxygen atoms in total. The van der Waals surface area contributed by atoms with Gasteiger partial charge in [-0.2, -0.15) is 4.98 Å². The molecule has 0 amide bonds. The highest BCUT2D eigenvalue weighted by Gasteiger charge is 2.29. The Kier molecular flexibility index (Phi) is 3.56. The third-order valence-electron chi connectivity index (χ3n) is 2.90. The minimum atomic E-state index is -0.520. The van der Waals surface area contributed by atoms with Gasteiger partial charge in [0.05, 0.1) is 12.0 Å². The maximum Gasteiger partial charge on any atom is 0.372 e.